The summed E-state index contributed by atoms with van der Waals surface area (Å²) in [5, 5.41) is 9.47. The fraction of sp³-hybridized carbons (Fsp3) is 0.500. The quantitative estimate of drug-likeness (QED) is 0.477. The Morgan fingerprint density at radius 2 is 2.00 bits per heavy atom. The first-order valence-electron chi connectivity index (χ1n) is 5.94. The number of ether oxygens (including phenoxy) is 1. The van der Waals surface area contributed by atoms with Crippen molar-refractivity contribution in [3.8, 4) is 11.9 Å². The second-order valence-electron chi connectivity index (χ2n) is 4.24. The van der Waals surface area contributed by atoms with E-state index in [0.717, 1.165) is 0 Å². The largest absolute Gasteiger partial charge is 0.477 e. The van der Waals surface area contributed by atoms with Gasteiger partial charge in [-0.25, -0.2) is 0 Å². The second-order valence-corrected chi connectivity index (χ2v) is 4.58. The summed E-state index contributed by atoms with van der Waals surface area (Å²) in [5.41, 5.74) is 0.164. The average molecular weight is 297 g/mol. The highest BCUT2D eigenvalue weighted by Crippen LogP contribution is 2.27. The van der Waals surface area contributed by atoms with E-state index in [0.29, 0.717) is 12.6 Å². The van der Waals surface area contributed by atoms with Crippen LogP contribution >= 0.6 is 11.6 Å². The molecule has 108 valence electrons. The van der Waals surface area contributed by atoms with Crippen LogP contribution in [0.5, 0.6) is 5.88 Å². The third kappa shape index (κ3) is 3.71. The second kappa shape index (κ2) is 6.91. The Morgan fingerprint density at radius 1 is 1.35 bits per heavy atom. The molecule has 8 heteroatoms. The summed E-state index contributed by atoms with van der Waals surface area (Å²) in [6.07, 6.45) is 0. The van der Waals surface area contributed by atoms with Crippen molar-refractivity contribution in [2.24, 2.45) is 4.99 Å². The molecule has 20 heavy (non-hydrogen) atoms. The number of nitrogens with zero attached hydrogens (tertiary/aromatic N) is 6. The van der Waals surface area contributed by atoms with Crippen molar-refractivity contribution in [1.29, 1.82) is 5.26 Å². The Morgan fingerprint density at radius 3 is 2.45 bits per heavy atom. The van der Waals surface area contributed by atoms with E-state index in [9.17, 15) is 5.26 Å². The molecular weight excluding hydrogens is 280 g/mol. The fourth-order valence-corrected chi connectivity index (χ4v) is 1.31. The lowest BCUT2D eigenvalue weighted by Gasteiger charge is -2.14. The lowest BCUT2D eigenvalue weighted by atomic mass is 10.3. The van der Waals surface area contributed by atoms with Gasteiger partial charge in [-0.3, -0.25) is 0 Å². The predicted molar refractivity (Wildman–Crippen MR) is 78.9 cm³/mol. The zero-order chi connectivity index (χ0) is 15.3. The minimum atomic E-state index is 0.164. The molecule has 0 aromatic carbocycles. The van der Waals surface area contributed by atoms with Crippen molar-refractivity contribution in [3.05, 3.63) is 5.56 Å². The molecule has 0 aliphatic carbocycles. The zero-order valence-corrected chi connectivity index (χ0v) is 12.9. The number of halogens is 1. The van der Waals surface area contributed by atoms with Crippen LogP contribution in [-0.4, -0.2) is 55.0 Å². The lowest BCUT2D eigenvalue weighted by molar-refractivity contribution is 0.325. The molecule has 0 aliphatic heterocycles. The molecule has 1 rings (SSSR count). The maximum absolute atomic E-state index is 9.26. The Labute approximate surface area is 123 Å². The standard InChI is InChI=1S/C12H17ClN6O/c1-6-20-10-8(7-14)9(15-11(13)18(2)3)16-12(17-10)19(4)5/h6H2,1-5H3/b15-11+. The van der Waals surface area contributed by atoms with Gasteiger partial charge in [-0.1, -0.05) is 0 Å². The predicted octanol–water partition coefficient (Wildman–Crippen LogP) is 1.60. The van der Waals surface area contributed by atoms with Crippen LogP contribution in [0.3, 0.4) is 0 Å². The molecule has 0 spiro atoms. The third-order valence-corrected chi connectivity index (χ3v) is 2.63. The zero-order valence-electron chi connectivity index (χ0n) is 12.2. The average Bonchev–Trinajstić information content (AvgIpc) is 2.38. The molecule has 1 aromatic rings. The Bertz CT molecular complexity index is 550. The Kier molecular flexibility index (Phi) is 5.53. The van der Waals surface area contributed by atoms with Gasteiger partial charge in [0, 0.05) is 28.2 Å². The van der Waals surface area contributed by atoms with E-state index in [2.05, 4.69) is 15.0 Å². The maximum Gasteiger partial charge on any atom is 0.238 e. The number of nitriles is 1. The summed E-state index contributed by atoms with van der Waals surface area (Å²) in [4.78, 5) is 15.9. The third-order valence-electron chi connectivity index (χ3n) is 2.20. The smallest absolute Gasteiger partial charge is 0.238 e. The van der Waals surface area contributed by atoms with E-state index < -0.39 is 0 Å². The normalized spacial score (nSPS) is 10.9. The number of aliphatic imine (C=N–C) groups is 1. The lowest BCUT2D eigenvalue weighted by Crippen LogP contribution is -2.17. The van der Waals surface area contributed by atoms with Crippen LogP contribution in [0.25, 0.3) is 0 Å². The monoisotopic (exact) mass is 296 g/mol. The van der Waals surface area contributed by atoms with E-state index in [1.165, 1.54) is 0 Å². The first-order chi connectivity index (χ1) is 9.40. The van der Waals surface area contributed by atoms with Gasteiger partial charge in [0.05, 0.1) is 6.61 Å². The van der Waals surface area contributed by atoms with Gasteiger partial charge in [-0.05, 0) is 18.5 Å². The Balaban J connectivity index is 3.47. The van der Waals surface area contributed by atoms with E-state index in [1.54, 1.807) is 38.0 Å². The molecular formula is C12H17ClN6O. The first-order valence-corrected chi connectivity index (χ1v) is 6.32. The molecule has 0 saturated carbocycles. The fourth-order valence-electron chi connectivity index (χ4n) is 1.23. The summed E-state index contributed by atoms with van der Waals surface area (Å²) in [6, 6.07) is 2.01. The van der Waals surface area contributed by atoms with Crippen LogP contribution in [0.15, 0.2) is 4.99 Å². The molecule has 0 radical (unpaired) electrons. The summed E-state index contributed by atoms with van der Waals surface area (Å²) in [5.74, 6) is 0.790. The molecule has 1 aromatic heterocycles. The van der Waals surface area contributed by atoms with Crippen molar-refractivity contribution < 1.29 is 4.74 Å². The summed E-state index contributed by atoms with van der Waals surface area (Å²) >= 11 is 5.99. The first kappa shape index (κ1) is 16.0. The van der Waals surface area contributed by atoms with Crippen molar-refractivity contribution >= 4 is 28.7 Å². The maximum atomic E-state index is 9.26. The van der Waals surface area contributed by atoms with E-state index in [1.807, 2.05) is 13.0 Å². The van der Waals surface area contributed by atoms with Gasteiger partial charge >= 0.3 is 0 Å². The van der Waals surface area contributed by atoms with Gasteiger partial charge in [0.15, 0.2) is 16.7 Å². The van der Waals surface area contributed by atoms with Crippen LogP contribution in [0, 0.1) is 11.3 Å². The van der Waals surface area contributed by atoms with Crippen LogP contribution < -0.4 is 9.64 Å². The van der Waals surface area contributed by atoms with Gasteiger partial charge in [-0.15, -0.1) is 0 Å². The van der Waals surface area contributed by atoms with Gasteiger partial charge < -0.3 is 14.5 Å². The van der Waals surface area contributed by atoms with Crippen LogP contribution in [0.4, 0.5) is 11.8 Å². The van der Waals surface area contributed by atoms with Gasteiger partial charge in [0.2, 0.25) is 11.8 Å². The highest BCUT2D eigenvalue weighted by Gasteiger charge is 2.17. The molecule has 0 fully saturated rings. The van der Waals surface area contributed by atoms with Crippen molar-refractivity contribution in [2.75, 3.05) is 39.7 Å². The molecule has 0 amide bonds. The SMILES string of the molecule is CCOc1nc(N(C)C)nc(/N=C(\Cl)N(C)C)c1C#N. The number of aromatic nitrogens is 2. The topological polar surface area (TPSA) is 77.6 Å². The summed E-state index contributed by atoms with van der Waals surface area (Å²) in [6.45, 7) is 2.21. The van der Waals surface area contributed by atoms with E-state index in [-0.39, 0.29) is 22.6 Å². The molecule has 0 atom stereocenters. The van der Waals surface area contributed by atoms with Crippen LogP contribution in [-0.2, 0) is 0 Å². The Hall–Kier alpha value is -2.07. The molecule has 7 nitrogen and oxygen atoms in total. The van der Waals surface area contributed by atoms with Crippen LogP contribution in [0.1, 0.15) is 12.5 Å². The molecule has 0 N–H and O–H groups in total. The van der Waals surface area contributed by atoms with E-state index in [4.69, 9.17) is 16.3 Å². The number of anilines is 1. The van der Waals surface area contributed by atoms with Crippen molar-refractivity contribution in [1.82, 2.24) is 14.9 Å². The van der Waals surface area contributed by atoms with Gasteiger partial charge in [-0.2, -0.15) is 20.2 Å². The molecule has 1 heterocycles. The molecule has 0 saturated heterocycles. The number of amidine groups is 1. The van der Waals surface area contributed by atoms with Crippen molar-refractivity contribution in [2.45, 2.75) is 6.92 Å². The molecule has 0 unspecified atom stereocenters. The van der Waals surface area contributed by atoms with Gasteiger partial charge in [0.25, 0.3) is 0 Å². The number of rotatable bonds is 4. The highest BCUT2D eigenvalue weighted by atomic mass is 35.5. The number of hydrogen-bond donors (Lipinski definition) is 0. The molecule has 0 aliphatic rings. The van der Waals surface area contributed by atoms with Crippen molar-refractivity contribution in [3.63, 3.8) is 0 Å². The van der Waals surface area contributed by atoms with E-state index >= 15 is 0 Å². The molecule has 0 bridgehead atoms. The highest BCUT2D eigenvalue weighted by molar-refractivity contribution is 6.64. The van der Waals surface area contributed by atoms with Crippen LogP contribution in [0.2, 0.25) is 0 Å². The number of hydrogen-bond acceptors (Lipinski definition) is 6. The minimum absolute atomic E-state index is 0.164. The minimum Gasteiger partial charge on any atom is -0.477 e. The summed E-state index contributed by atoms with van der Waals surface area (Å²) in [7, 11) is 7.07. The van der Waals surface area contributed by atoms with Gasteiger partial charge in [0.1, 0.15) is 6.07 Å². The summed E-state index contributed by atoms with van der Waals surface area (Å²) < 4.78 is 5.38.